The van der Waals surface area contributed by atoms with Crippen molar-refractivity contribution >= 4 is 0 Å². The van der Waals surface area contributed by atoms with Crippen LogP contribution in [0.5, 0.6) is 0 Å². The largest absolute Gasteiger partial charge is 0.353 e. The molecule has 0 aliphatic carbocycles. The van der Waals surface area contributed by atoms with E-state index >= 15 is 0 Å². The zero-order valence-electron chi connectivity index (χ0n) is 7.92. The number of nitrogens with two attached hydrogens (primary N) is 1. The molecule has 1 aliphatic rings. The summed E-state index contributed by atoms with van der Waals surface area (Å²) in [5.74, 6) is 0.609. The van der Waals surface area contributed by atoms with Gasteiger partial charge in [0.25, 0.3) is 0 Å². The average Bonchev–Trinajstić information content (AvgIpc) is 2.45. The molecule has 2 N–H and O–H groups in total. The number of epoxide rings is 1. The second-order valence-electron chi connectivity index (χ2n) is 4.45. The van der Waals surface area contributed by atoms with Crippen molar-refractivity contribution in [2.24, 2.45) is 17.1 Å². The van der Waals surface area contributed by atoms with Gasteiger partial charge in [0.2, 0.25) is 0 Å². The average molecular weight is 157 g/mol. The van der Waals surface area contributed by atoms with Crippen LogP contribution in [-0.4, -0.2) is 12.3 Å². The van der Waals surface area contributed by atoms with Gasteiger partial charge in [0.1, 0.15) is 12.3 Å². The van der Waals surface area contributed by atoms with E-state index in [1.165, 1.54) is 0 Å². The van der Waals surface area contributed by atoms with Crippen LogP contribution >= 0.6 is 0 Å². The van der Waals surface area contributed by atoms with Gasteiger partial charge in [0.15, 0.2) is 0 Å². The van der Waals surface area contributed by atoms with Gasteiger partial charge in [0, 0.05) is 0 Å². The van der Waals surface area contributed by atoms with Crippen LogP contribution in [0.4, 0.5) is 0 Å². The lowest BCUT2D eigenvalue weighted by Crippen LogP contribution is -2.27. The van der Waals surface area contributed by atoms with Gasteiger partial charge < -0.3 is 10.5 Å². The molecule has 1 heterocycles. The molecule has 66 valence electrons. The maximum atomic E-state index is 5.62. The number of hydrogen-bond donors (Lipinski definition) is 1. The van der Waals surface area contributed by atoms with Gasteiger partial charge in [0.05, 0.1) is 0 Å². The van der Waals surface area contributed by atoms with Crippen LogP contribution in [-0.2, 0) is 4.74 Å². The van der Waals surface area contributed by atoms with Crippen molar-refractivity contribution in [2.75, 3.05) is 0 Å². The van der Waals surface area contributed by atoms with Gasteiger partial charge in [-0.25, -0.2) is 0 Å². The summed E-state index contributed by atoms with van der Waals surface area (Å²) in [6.45, 7) is 8.94. The Morgan fingerprint density at radius 1 is 1.45 bits per heavy atom. The predicted molar refractivity (Wildman–Crippen MR) is 46.1 cm³/mol. The molecular formula is C9H19NO. The molecule has 0 aromatic carbocycles. The van der Waals surface area contributed by atoms with E-state index in [0.717, 1.165) is 6.42 Å². The van der Waals surface area contributed by atoms with Gasteiger partial charge in [-0.05, 0) is 11.3 Å². The van der Waals surface area contributed by atoms with Crippen molar-refractivity contribution in [1.29, 1.82) is 0 Å². The molecule has 0 spiro atoms. The van der Waals surface area contributed by atoms with E-state index in [1.54, 1.807) is 0 Å². The Morgan fingerprint density at radius 2 is 1.91 bits per heavy atom. The molecule has 0 aromatic rings. The van der Waals surface area contributed by atoms with Crippen molar-refractivity contribution < 1.29 is 4.74 Å². The highest BCUT2D eigenvalue weighted by Crippen LogP contribution is 2.39. The van der Waals surface area contributed by atoms with E-state index in [0.29, 0.717) is 17.4 Å². The van der Waals surface area contributed by atoms with Gasteiger partial charge in [-0.3, -0.25) is 0 Å². The Labute approximate surface area is 69.1 Å². The first-order valence-corrected chi connectivity index (χ1v) is 4.38. The lowest BCUT2D eigenvalue weighted by atomic mass is 9.77. The van der Waals surface area contributed by atoms with E-state index in [-0.39, 0.29) is 6.23 Å². The lowest BCUT2D eigenvalue weighted by molar-refractivity contribution is 0.178. The molecule has 0 radical (unpaired) electrons. The molecule has 1 aliphatic heterocycles. The zero-order chi connectivity index (χ0) is 8.65. The lowest BCUT2D eigenvalue weighted by Gasteiger charge is -2.28. The van der Waals surface area contributed by atoms with Gasteiger partial charge >= 0.3 is 0 Å². The quantitative estimate of drug-likeness (QED) is 0.620. The Morgan fingerprint density at radius 3 is 2.00 bits per heavy atom. The van der Waals surface area contributed by atoms with Crippen molar-refractivity contribution in [3.63, 3.8) is 0 Å². The molecule has 0 amide bonds. The van der Waals surface area contributed by atoms with Crippen LogP contribution in [0.1, 0.15) is 34.1 Å². The van der Waals surface area contributed by atoms with Crippen LogP contribution in [0.3, 0.4) is 0 Å². The van der Waals surface area contributed by atoms with Gasteiger partial charge in [-0.15, -0.1) is 0 Å². The summed E-state index contributed by atoms with van der Waals surface area (Å²) in [4.78, 5) is 0. The van der Waals surface area contributed by atoms with E-state index in [2.05, 4.69) is 27.7 Å². The maximum Gasteiger partial charge on any atom is 0.133 e. The van der Waals surface area contributed by atoms with Crippen LogP contribution in [0.15, 0.2) is 0 Å². The molecule has 0 aromatic heterocycles. The molecule has 1 fully saturated rings. The Bertz CT molecular complexity index is 139. The zero-order valence-corrected chi connectivity index (χ0v) is 7.92. The minimum absolute atomic E-state index is 0.0131. The van der Waals surface area contributed by atoms with Crippen molar-refractivity contribution in [3.05, 3.63) is 0 Å². The number of hydrogen-bond acceptors (Lipinski definition) is 2. The molecular weight excluding hydrogens is 138 g/mol. The highest BCUT2D eigenvalue weighted by molar-refractivity contribution is 4.91. The number of rotatable bonds is 2. The normalized spacial score (nSPS) is 33.5. The third kappa shape index (κ3) is 1.94. The van der Waals surface area contributed by atoms with E-state index in [4.69, 9.17) is 10.5 Å². The molecule has 3 atom stereocenters. The molecule has 3 unspecified atom stereocenters. The fourth-order valence-corrected chi connectivity index (χ4v) is 1.80. The summed E-state index contributed by atoms with van der Waals surface area (Å²) < 4.78 is 5.27. The summed E-state index contributed by atoms with van der Waals surface area (Å²) in [6, 6.07) is 0. The number of ether oxygens (including phenoxy) is 1. The second-order valence-corrected chi connectivity index (χ2v) is 4.45. The summed E-state index contributed by atoms with van der Waals surface area (Å²) in [5, 5.41) is 0. The molecule has 11 heavy (non-hydrogen) atoms. The first-order valence-electron chi connectivity index (χ1n) is 4.38. The predicted octanol–water partition coefficient (Wildman–Crippen LogP) is 1.74. The summed E-state index contributed by atoms with van der Waals surface area (Å²) in [7, 11) is 0. The highest BCUT2D eigenvalue weighted by Gasteiger charge is 2.45. The first-order chi connectivity index (χ1) is 4.96. The summed E-state index contributed by atoms with van der Waals surface area (Å²) in [6.07, 6.45) is 1.49. The second kappa shape index (κ2) is 2.76. The van der Waals surface area contributed by atoms with Crippen LogP contribution < -0.4 is 5.73 Å². The topological polar surface area (TPSA) is 38.5 Å². The van der Waals surface area contributed by atoms with E-state index in [1.807, 2.05) is 0 Å². The first kappa shape index (κ1) is 9.01. The van der Waals surface area contributed by atoms with Crippen LogP contribution in [0, 0.1) is 11.3 Å². The minimum Gasteiger partial charge on any atom is -0.353 e. The van der Waals surface area contributed by atoms with Crippen molar-refractivity contribution in [3.8, 4) is 0 Å². The molecule has 2 nitrogen and oxygen atoms in total. The van der Waals surface area contributed by atoms with Gasteiger partial charge in [-0.1, -0.05) is 34.1 Å². The Balaban J connectivity index is 2.51. The molecule has 1 saturated heterocycles. The van der Waals surface area contributed by atoms with Crippen LogP contribution in [0.25, 0.3) is 0 Å². The Kier molecular flexibility index (Phi) is 2.26. The SMILES string of the molecule is CCC(C1OC1N)C(C)(C)C. The van der Waals surface area contributed by atoms with Crippen molar-refractivity contribution in [1.82, 2.24) is 0 Å². The van der Waals surface area contributed by atoms with Gasteiger partial charge in [-0.2, -0.15) is 0 Å². The molecule has 1 rings (SSSR count). The molecule has 0 bridgehead atoms. The third-order valence-electron chi connectivity index (χ3n) is 2.51. The van der Waals surface area contributed by atoms with E-state index in [9.17, 15) is 0 Å². The van der Waals surface area contributed by atoms with Crippen molar-refractivity contribution in [2.45, 2.75) is 46.4 Å². The fraction of sp³-hybridized carbons (Fsp3) is 1.00. The highest BCUT2D eigenvalue weighted by atomic mass is 16.6. The fourth-order valence-electron chi connectivity index (χ4n) is 1.80. The molecule has 0 saturated carbocycles. The smallest absolute Gasteiger partial charge is 0.133 e. The monoisotopic (exact) mass is 157 g/mol. The maximum absolute atomic E-state index is 5.62. The molecule has 2 heteroatoms. The summed E-state index contributed by atoms with van der Waals surface area (Å²) in [5.41, 5.74) is 5.94. The third-order valence-corrected chi connectivity index (χ3v) is 2.51. The van der Waals surface area contributed by atoms with E-state index < -0.39 is 0 Å². The summed E-state index contributed by atoms with van der Waals surface area (Å²) >= 11 is 0. The standard InChI is InChI=1S/C9H19NO/c1-5-6(9(2,3)4)7-8(10)11-7/h6-8H,5,10H2,1-4H3. The minimum atomic E-state index is 0.0131. The van der Waals surface area contributed by atoms with Crippen LogP contribution in [0.2, 0.25) is 0 Å². The Hall–Kier alpha value is -0.0800.